The fourth-order valence-electron chi connectivity index (χ4n) is 1.38. The van der Waals surface area contributed by atoms with Gasteiger partial charge in [-0.15, -0.1) is 0 Å². The molecule has 0 bridgehead atoms. The van der Waals surface area contributed by atoms with Gasteiger partial charge in [-0.25, -0.2) is 0 Å². The van der Waals surface area contributed by atoms with Crippen molar-refractivity contribution in [3.63, 3.8) is 0 Å². The second kappa shape index (κ2) is 5.70. The van der Waals surface area contributed by atoms with E-state index >= 15 is 0 Å². The summed E-state index contributed by atoms with van der Waals surface area (Å²) in [4.78, 5) is 14.5. The summed E-state index contributed by atoms with van der Waals surface area (Å²) in [7, 11) is 0. The van der Waals surface area contributed by atoms with Gasteiger partial charge in [-0.2, -0.15) is 0 Å². The van der Waals surface area contributed by atoms with Crippen molar-refractivity contribution in [1.82, 2.24) is 15.6 Å². The lowest BCUT2D eigenvalue weighted by Gasteiger charge is -2.20. The van der Waals surface area contributed by atoms with Gasteiger partial charge in [-0.3, -0.25) is 4.79 Å². The van der Waals surface area contributed by atoms with Crippen LogP contribution in [0.5, 0.6) is 0 Å². The second-order valence-electron chi connectivity index (χ2n) is 4.94. The molecule has 1 aromatic heterocycles. The fourth-order valence-corrected chi connectivity index (χ4v) is 1.38. The van der Waals surface area contributed by atoms with E-state index in [0.29, 0.717) is 13.0 Å². The molecule has 0 aliphatic heterocycles. The van der Waals surface area contributed by atoms with E-state index in [1.54, 1.807) is 0 Å². The molecule has 16 heavy (non-hydrogen) atoms. The summed E-state index contributed by atoms with van der Waals surface area (Å²) in [5, 5.41) is 6.15. The molecule has 1 heterocycles. The van der Waals surface area contributed by atoms with Gasteiger partial charge in [0.2, 0.25) is 5.91 Å². The monoisotopic (exact) mass is 223 g/mol. The molecule has 0 aliphatic rings. The SMILES string of the molecule is CC(C)(C)NC(=O)CCNCc1cc[nH]c1. The minimum absolute atomic E-state index is 0.0917. The number of aromatic nitrogens is 1. The molecule has 0 fully saturated rings. The van der Waals surface area contributed by atoms with Gasteiger partial charge in [-0.05, 0) is 32.4 Å². The lowest BCUT2D eigenvalue weighted by Crippen LogP contribution is -2.41. The van der Waals surface area contributed by atoms with Crippen molar-refractivity contribution in [3.05, 3.63) is 24.0 Å². The Kier molecular flexibility index (Phi) is 4.55. The molecule has 0 atom stereocenters. The van der Waals surface area contributed by atoms with Crippen LogP contribution >= 0.6 is 0 Å². The molecule has 1 aromatic rings. The van der Waals surface area contributed by atoms with Crippen LogP contribution in [-0.2, 0) is 11.3 Å². The second-order valence-corrected chi connectivity index (χ2v) is 4.94. The Labute approximate surface area is 96.8 Å². The molecule has 4 heteroatoms. The lowest BCUT2D eigenvalue weighted by atomic mass is 10.1. The van der Waals surface area contributed by atoms with Crippen molar-refractivity contribution < 1.29 is 4.79 Å². The Morgan fingerprint density at radius 3 is 2.75 bits per heavy atom. The molecule has 0 saturated heterocycles. The first-order valence-electron chi connectivity index (χ1n) is 5.61. The quantitative estimate of drug-likeness (QED) is 0.661. The average Bonchev–Trinajstić information content (AvgIpc) is 2.62. The lowest BCUT2D eigenvalue weighted by molar-refractivity contribution is -0.122. The summed E-state index contributed by atoms with van der Waals surface area (Å²) in [5.74, 6) is 0.0917. The van der Waals surface area contributed by atoms with Crippen molar-refractivity contribution in [1.29, 1.82) is 0 Å². The van der Waals surface area contributed by atoms with E-state index in [0.717, 1.165) is 6.54 Å². The zero-order valence-electron chi connectivity index (χ0n) is 10.3. The van der Waals surface area contributed by atoms with Crippen molar-refractivity contribution in [2.45, 2.75) is 39.3 Å². The Morgan fingerprint density at radius 1 is 1.44 bits per heavy atom. The topological polar surface area (TPSA) is 56.9 Å². The molecule has 0 radical (unpaired) electrons. The minimum atomic E-state index is -0.141. The molecule has 0 aromatic carbocycles. The van der Waals surface area contributed by atoms with Crippen molar-refractivity contribution in [3.8, 4) is 0 Å². The number of carbonyl (C=O) groups excluding carboxylic acids is 1. The number of hydrogen-bond donors (Lipinski definition) is 3. The van der Waals surface area contributed by atoms with Crippen LogP contribution in [0.15, 0.2) is 18.5 Å². The number of H-pyrrole nitrogens is 1. The van der Waals surface area contributed by atoms with E-state index in [9.17, 15) is 4.79 Å². The smallest absolute Gasteiger partial charge is 0.221 e. The van der Waals surface area contributed by atoms with E-state index in [4.69, 9.17) is 0 Å². The van der Waals surface area contributed by atoms with Crippen LogP contribution in [0.4, 0.5) is 0 Å². The van der Waals surface area contributed by atoms with Crippen molar-refractivity contribution >= 4 is 5.91 Å². The number of amides is 1. The van der Waals surface area contributed by atoms with E-state index in [-0.39, 0.29) is 11.4 Å². The molecule has 4 nitrogen and oxygen atoms in total. The van der Waals surface area contributed by atoms with Crippen molar-refractivity contribution in [2.24, 2.45) is 0 Å². The molecule has 0 saturated carbocycles. The summed E-state index contributed by atoms with van der Waals surface area (Å²) in [6.07, 6.45) is 4.35. The standard InChI is InChI=1S/C12H21N3O/c1-12(2,3)15-11(16)5-7-14-9-10-4-6-13-8-10/h4,6,8,13-14H,5,7,9H2,1-3H3,(H,15,16). The molecule has 0 unspecified atom stereocenters. The van der Waals surface area contributed by atoms with Crippen LogP contribution in [0.3, 0.4) is 0 Å². The van der Waals surface area contributed by atoms with Crippen LogP contribution in [0.1, 0.15) is 32.8 Å². The highest BCUT2D eigenvalue weighted by molar-refractivity contribution is 5.76. The first-order valence-corrected chi connectivity index (χ1v) is 5.61. The van der Waals surface area contributed by atoms with Gasteiger partial charge in [0.25, 0.3) is 0 Å². The third kappa shape index (κ3) is 5.56. The summed E-state index contributed by atoms with van der Waals surface area (Å²) >= 11 is 0. The van der Waals surface area contributed by atoms with E-state index < -0.39 is 0 Å². The maximum Gasteiger partial charge on any atom is 0.221 e. The predicted molar refractivity (Wildman–Crippen MR) is 65.0 cm³/mol. The van der Waals surface area contributed by atoms with Gasteiger partial charge >= 0.3 is 0 Å². The average molecular weight is 223 g/mol. The predicted octanol–water partition coefficient (Wildman–Crippen LogP) is 1.41. The van der Waals surface area contributed by atoms with E-state index in [1.165, 1.54) is 5.56 Å². The number of carbonyl (C=O) groups is 1. The maximum absolute atomic E-state index is 11.5. The molecule has 3 N–H and O–H groups in total. The van der Waals surface area contributed by atoms with Crippen LogP contribution < -0.4 is 10.6 Å². The van der Waals surface area contributed by atoms with Gasteiger partial charge in [0.05, 0.1) is 0 Å². The Bertz CT molecular complexity index is 312. The van der Waals surface area contributed by atoms with Crippen molar-refractivity contribution in [2.75, 3.05) is 6.54 Å². The zero-order chi connectivity index (χ0) is 12.0. The van der Waals surface area contributed by atoms with Gasteiger partial charge in [0.1, 0.15) is 0 Å². The Balaban J connectivity index is 2.09. The Hall–Kier alpha value is -1.29. The van der Waals surface area contributed by atoms with Crippen LogP contribution in [-0.4, -0.2) is 23.0 Å². The summed E-state index contributed by atoms with van der Waals surface area (Å²) in [6, 6.07) is 2.02. The summed E-state index contributed by atoms with van der Waals surface area (Å²) in [5.41, 5.74) is 1.06. The number of nitrogens with one attached hydrogen (secondary N) is 3. The minimum Gasteiger partial charge on any atom is -0.367 e. The first kappa shape index (κ1) is 12.8. The molecule has 1 amide bonds. The highest BCUT2D eigenvalue weighted by atomic mass is 16.1. The third-order valence-electron chi connectivity index (χ3n) is 2.03. The maximum atomic E-state index is 11.5. The van der Waals surface area contributed by atoms with Gasteiger partial charge in [-0.1, -0.05) is 0 Å². The molecule has 90 valence electrons. The molecular formula is C12H21N3O. The highest BCUT2D eigenvalue weighted by Crippen LogP contribution is 1.99. The molecular weight excluding hydrogens is 202 g/mol. The molecule has 0 spiro atoms. The largest absolute Gasteiger partial charge is 0.367 e. The van der Waals surface area contributed by atoms with E-state index in [1.807, 2.05) is 39.2 Å². The first-order chi connectivity index (χ1) is 7.47. The van der Waals surface area contributed by atoms with E-state index in [2.05, 4.69) is 15.6 Å². The third-order valence-corrected chi connectivity index (χ3v) is 2.03. The number of hydrogen-bond acceptors (Lipinski definition) is 2. The highest BCUT2D eigenvalue weighted by Gasteiger charge is 2.12. The van der Waals surface area contributed by atoms with Crippen LogP contribution in [0.2, 0.25) is 0 Å². The fraction of sp³-hybridized carbons (Fsp3) is 0.583. The summed E-state index contributed by atoms with van der Waals surface area (Å²) < 4.78 is 0. The Morgan fingerprint density at radius 2 is 2.19 bits per heavy atom. The number of rotatable bonds is 5. The van der Waals surface area contributed by atoms with Gasteiger partial charge in [0, 0.05) is 37.4 Å². The van der Waals surface area contributed by atoms with Crippen LogP contribution in [0, 0.1) is 0 Å². The normalized spacial score (nSPS) is 11.4. The molecule has 1 rings (SSSR count). The molecule has 0 aliphatic carbocycles. The van der Waals surface area contributed by atoms with Gasteiger partial charge in [0.15, 0.2) is 0 Å². The van der Waals surface area contributed by atoms with Crippen LogP contribution in [0.25, 0.3) is 0 Å². The number of aromatic amines is 1. The van der Waals surface area contributed by atoms with Gasteiger partial charge < -0.3 is 15.6 Å². The summed E-state index contributed by atoms with van der Waals surface area (Å²) in [6.45, 7) is 7.45. The zero-order valence-corrected chi connectivity index (χ0v) is 10.3.